The maximum Gasteiger partial charge on any atom is 0.230 e. The second kappa shape index (κ2) is 7.00. The summed E-state index contributed by atoms with van der Waals surface area (Å²) in [4.78, 5) is 8.74. The first-order valence-corrected chi connectivity index (χ1v) is 8.57. The van der Waals surface area contributed by atoms with E-state index in [-0.39, 0.29) is 5.82 Å². The second-order valence-electron chi connectivity index (χ2n) is 6.17. The SMILES string of the molecule is C=C/C(=C(\C)c1ccc(F)cc1)c1ncnc2oc(-c3ccccc3)cc12. The first kappa shape index (κ1) is 16.9. The molecule has 27 heavy (non-hydrogen) atoms. The molecule has 0 spiro atoms. The lowest BCUT2D eigenvalue weighted by atomic mass is 9.97. The summed E-state index contributed by atoms with van der Waals surface area (Å²) in [5, 5.41) is 0.813. The Morgan fingerprint density at radius 3 is 2.48 bits per heavy atom. The standard InChI is InChI=1S/C23H17FN2O/c1-3-19(15(2)16-9-11-18(24)12-10-16)22-20-13-21(17-7-5-4-6-8-17)27-23(20)26-14-25-22/h3-14H,1H2,2H3/b19-15-. The molecule has 0 aliphatic carbocycles. The predicted octanol–water partition coefficient (Wildman–Crippen LogP) is 6.15. The minimum atomic E-state index is -0.265. The third kappa shape index (κ3) is 3.17. The van der Waals surface area contributed by atoms with Gasteiger partial charge in [0.15, 0.2) is 0 Å². The van der Waals surface area contributed by atoms with Gasteiger partial charge in [0.1, 0.15) is 17.9 Å². The maximum atomic E-state index is 13.3. The van der Waals surface area contributed by atoms with E-state index in [1.807, 2.05) is 43.3 Å². The number of aromatic nitrogens is 2. The maximum absolute atomic E-state index is 13.3. The van der Waals surface area contributed by atoms with E-state index in [9.17, 15) is 4.39 Å². The number of halogens is 1. The van der Waals surface area contributed by atoms with Crippen LogP contribution in [0.4, 0.5) is 4.39 Å². The van der Waals surface area contributed by atoms with E-state index in [1.54, 1.807) is 18.2 Å². The molecular weight excluding hydrogens is 339 g/mol. The van der Waals surface area contributed by atoms with Crippen LogP contribution in [-0.4, -0.2) is 9.97 Å². The van der Waals surface area contributed by atoms with Gasteiger partial charge in [0.25, 0.3) is 0 Å². The van der Waals surface area contributed by atoms with Crippen LogP contribution in [-0.2, 0) is 0 Å². The summed E-state index contributed by atoms with van der Waals surface area (Å²) in [7, 11) is 0. The number of benzene rings is 2. The summed E-state index contributed by atoms with van der Waals surface area (Å²) >= 11 is 0. The highest BCUT2D eigenvalue weighted by atomic mass is 19.1. The van der Waals surface area contributed by atoms with Crippen molar-refractivity contribution in [2.45, 2.75) is 6.92 Å². The fraction of sp³-hybridized carbons (Fsp3) is 0.0435. The van der Waals surface area contributed by atoms with Crippen LogP contribution in [0.1, 0.15) is 18.2 Å². The lowest BCUT2D eigenvalue weighted by Gasteiger charge is -2.09. The highest BCUT2D eigenvalue weighted by Gasteiger charge is 2.15. The van der Waals surface area contributed by atoms with Crippen LogP contribution in [0.5, 0.6) is 0 Å². The van der Waals surface area contributed by atoms with Crippen molar-refractivity contribution in [2.24, 2.45) is 0 Å². The number of hydrogen-bond acceptors (Lipinski definition) is 3. The van der Waals surface area contributed by atoms with E-state index in [1.165, 1.54) is 18.5 Å². The van der Waals surface area contributed by atoms with Crippen molar-refractivity contribution in [3.63, 3.8) is 0 Å². The van der Waals surface area contributed by atoms with Crippen LogP contribution < -0.4 is 0 Å². The molecule has 4 heteroatoms. The van der Waals surface area contributed by atoms with Gasteiger partial charge in [-0.05, 0) is 36.3 Å². The van der Waals surface area contributed by atoms with Crippen LogP contribution in [0.15, 0.2) is 84.1 Å². The van der Waals surface area contributed by atoms with E-state index in [0.29, 0.717) is 5.71 Å². The molecule has 4 rings (SSSR count). The number of hydrogen-bond donors (Lipinski definition) is 0. The third-order valence-corrected chi connectivity index (χ3v) is 4.53. The Bertz CT molecular complexity index is 1140. The van der Waals surface area contributed by atoms with Crippen LogP contribution >= 0.6 is 0 Å². The van der Waals surface area contributed by atoms with E-state index in [2.05, 4.69) is 16.5 Å². The summed E-state index contributed by atoms with van der Waals surface area (Å²) in [6.45, 7) is 5.92. The van der Waals surface area contributed by atoms with E-state index < -0.39 is 0 Å². The van der Waals surface area contributed by atoms with Crippen molar-refractivity contribution in [2.75, 3.05) is 0 Å². The highest BCUT2D eigenvalue weighted by Crippen LogP contribution is 2.33. The molecule has 0 fully saturated rings. The zero-order valence-corrected chi connectivity index (χ0v) is 14.8. The van der Waals surface area contributed by atoms with Gasteiger partial charge in [-0.1, -0.05) is 55.1 Å². The molecule has 0 amide bonds. The molecule has 2 aromatic carbocycles. The van der Waals surface area contributed by atoms with Gasteiger partial charge in [-0.2, -0.15) is 0 Å². The van der Waals surface area contributed by atoms with Gasteiger partial charge < -0.3 is 4.42 Å². The summed E-state index contributed by atoms with van der Waals surface area (Å²) in [5.41, 5.74) is 4.94. The Kier molecular flexibility index (Phi) is 4.38. The molecule has 2 aromatic heterocycles. The molecule has 0 saturated carbocycles. The Morgan fingerprint density at radius 2 is 1.78 bits per heavy atom. The number of nitrogens with zero attached hydrogens (tertiary/aromatic N) is 2. The molecule has 0 unspecified atom stereocenters. The molecule has 132 valence electrons. The molecule has 2 heterocycles. The summed E-state index contributed by atoms with van der Waals surface area (Å²) in [6.07, 6.45) is 3.24. The molecule has 0 N–H and O–H groups in total. The van der Waals surface area contributed by atoms with Crippen molar-refractivity contribution >= 4 is 22.2 Å². The fourth-order valence-corrected chi connectivity index (χ4v) is 3.10. The Labute approximate surface area is 156 Å². The average molecular weight is 356 g/mol. The zero-order chi connectivity index (χ0) is 18.8. The third-order valence-electron chi connectivity index (χ3n) is 4.53. The minimum Gasteiger partial charge on any atom is -0.438 e. The molecule has 0 bridgehead atoms. The Hall–Kier alpha value is -3.53. The normalized spacial score (nSPS) is 12.1. The van der Waals surface area contributed by atoms with E-state index in [4.69, 9.17) is 4.42 Å². The van der Waals surface area contributed by atoms with Gasteiger partial charge in [0, 0.05) is 11.1 Å². The summed E-state index contributed by atoms with van der Waals surface area (Å²) < 4.78 is 19.2. The zero-order valence-electron chi connectivity index (χ0n) is 14.8. The highest BCUT2D eigenvalue weighted by molar-refractivity contribution is 6.01. The first-order chi connectivity index (χ1) is 13.2. The monoisotopic (exact) mass is 356 g/mol. The van der Waals surface area contributed by atoms with Crippen LogP contribution in [0.2, 0.25) is 0 Å². The number of rotatable bonds is 4. The summed E-state index contributed by atoms with van der Waals surface area (Å²) in [6, 6.07) is 18.2. The van der Waals surface area contributed by atoms with Crippen LogP contribution in [0.25, 0.3) is 33.6 Å². The van der Waals surface area contributed by atoms with Crippen molar-refractivity contribution in [1.82, 2.24) is 9.97 Å². The molecule has 0 radical (unpaired) electrons. The predicted molar refractivity (Wildman–Crippen MR) is 106 cm³/mol. The number of allylic oxidation sites excluding steroid dienone is 3. The molecule has 0 aliphatic heterocycles. The molecular formula is C23H17FN2O. The smallest absolute Gasteiger partial charge is 0.230 e. The van der Waals surface area contributed by atoms with Crippen molar-refractivity contribution in [3.8, 4) is 11.3 Å². The molecule has 0 saturated heterocycles. The van der Waals surface area contributed by atoms with Gasteiger partial charge in [-0.15, -0.1) is 0 Å². The average Bonchev–Trinajstić information content (AvgIpc) is 3.15. The quantitative estimate of drug-likeness (QED) is 0.412. The van der Waals surface area contributed by atoms with Gasteiger partial charge >= 0.3 is 0 Å². The van der Waals surface area contributed by atoms with Crippen molar-refractivity contribution < 1.29 is 8.81 Å². The Morgan fingerprint density at radius 1 is 1.04 bits per heavy atom. The fourth-order valence-electron chi connectivity index (χ4n) is 3.10. The molecule has 3 nitrogen and oxygen atoms in total. The van der Waals surface area contributed by atoms with Crippen molar-refractivity contribution in [3.05, 3.63) is 96.7 Å². The number of furan rings is 1. The largest absolute Gasteiger partial charge is 0.438 e. The summed E-state index contributed by atoms with van der Waals surface area (Å²) in [5.74, 6) is 0.466. The van der Waals surface area contributed by atoms with Gasteiger partial charge in [-0.3, -0.25) is 0 Å². The van der Waals surface area contributed by atoms with Gasteiger partial charge in [-0.25, -0.2) is 14.4 Å². The van der Waals surface area contributed by atoms with E-state index in [0.717, 1.165) is 39.1 Å². The molecule has 4 aromatic rings. The van der Waals surface area contributed by atoms with Crippen LogP contribution in [0.3, 0.4) is 0 Å². The lowest BCUT2D eigenvalue weighted by molar-refractivity contribution is 0.617. The van der Waals surface area contributed by atoms with E-state index >= 15 is 0 Å². The van der Waals surface area contributed by atoms with Gasteiger partial charge in [0.2, 0.25) is 5.71 Å². The second-order valence-corrected chi connectivity index (χ2v) is 6.17. The topological polar surface area (TPSA) is 38.9 Å². The van der Waals surface area contributed by atoms with Crippen molar-refractivity contribution in [1.29, 1.82) is 0 Å². The molecule has 0 aliphatic rings. The lowest BCUT2D eigenvalue weighted by Crippen LogP contribution is -1.93. The minimum absolute atomic E-state index is 0.265. The van der Waals surface area contributed by atoms with Gasteiger partial charge in [0.05, 0.1) is 11.1 Å². The number of fused-ring (bicyclic) bond motifs is 1. The Balaban J connectivity index is 1.89. The molecule has 0 atom stereocenters. The van der Waals surface area contributed by atoms with Crippen LogP contribution in [0, 0.1) is 5.82 Å². The first-order valence-electron chi connectivity index (χ1n) is 8.57.